The molecule has 1 heterocycles. The zero-order valence-electron chi connectivity index (χ0n) is 33.4. The number of carboxylic acids is 1. The molecule has 1 amide bonds. The van der Waals surface area contributed by atoms with Crippen LogP contribution in [0.3, 0.4) is 0 Å². The lowest BCUT2D eigenvalue weighted by Crippen LogP contribution is -2.28. The van der Waals surface area contributed by atoms with E-state index in [4.69, 9.17) is 9.52 Å². The number of carbonyl (C=O) groups excluding carboxylic acids is 1. The third kappa shape index (κ3) is 11.2. The molecule has 0 radical (unpaired) electrons. The number of nitrogens with one attached hydrogen (secondary N) is 1. The molecule has 4 aromatic carbocycles. The summed E-state index contributed by atoms with van der Waals surface area (Å²) in [5.74, 6) is -1.72. The molecule has 0 spiro atoms. The van der Waals surface area contributed by atoms with E-state index >= 15 is 0 Å². The van der Waals surface area contributed by atoms with Gasteiger partial charge in [-0.3, -0.25) is 32.8 Å². The molecule has 338 valence electrons. The molecule has 0 aromatic heterocycles. The second-order valence-corrected chi connectivity index (χ2v) is 20.0. The van der Waals surface area contributed by atoms with Gasteiger partial charge in [0, 0.05) is 67.3 Å². The van der Waals surface area contributed by atoms with Crippen molar-refractivity contribution in [3.8, 4) is 22.5 Å². The van der Waals surface area contributed by atoms with E-state index in [-0.39, 0.29) is 105 Å². The second-order valence-electron chi connectivity index (χ2n) is 14.4. The molecule has 4 aromatic rings. The number of hydrogen-bond donors (Lipinski definition) is 6. The first kappa shape index (κ1) is 47.4. The van der Waals surface area contributed by atoms with Crippen LogP contribution in [0.1, 0.15) is 34.3 Å². The third-order valence-corrected chi connectivity index (χ3v) is 13.5. The predicted molar refractivity (Wildman–Crippen MR) is 231 cm³/mol. The van der Waals surface area contributed by atoms with Crippen LogP contribution in [0.4, 0.5) is 5.69 Å². The average Bonchev–Trinajstić information content (AvgIpc) is 3.21. The van der Waals surface area contributed by atoms with Gasteiger partial charge < -0.3 is 19.7 Å². The van der Waals surface area contributed by atoms with Crippen LogP contribution in [0.25, 0.3) is 33.4 Å². The van der Waals surface area contributed by atoms with Gasteiger partial charge in [0.05, 0.1) is 20.8 Å². The van der Waals surface area contributed by atoms with Gasteiger partial charge in [0.25, 0.3) is 46.4 Å². The van der Waals surface area contributed by atoms with Crippen molar-refractivity contribution in [1.82, 2.24) is 4.90 Å². The van der Waals surface area contributed by atoms with Gasteiger partial charge >= 0.3 is 5.97 Å². The summed E-state index contributed by atoms with van der Waals surface area (Å²) in [7, 11) is -17.6. The van der Waals surface area contributed by atoms with Gasteiger partial charge in [0.2, 0.25) is 0 Å². The first-order chi connectivity index (χ1) is 29.9. The number of benzene rings is 5. The van der Waals surface area contributed by atoms with Crippen LogP contribution < -0.4 is 10.7 Å². The minimum absolute atomic E-state index is 0.0184. The molecular formula is C41H39N3O16S4. The predicted octanol–water partition coefficient (Wildman–Crippen LogP) is 4.93. The van der Waals surface area contributed by atoms with Crippen LogP contribution in [0.15, 0.2) is 126 Å². The Kier molecular flexibility index (Phi) is 13.8. The van der Waals surface area contributed by atoms with E-state index < -0.39 is 62.1 Å². The lowest BCUT2D eigenvalue weighted by atomic mass is 9.90. The molecule has 0 bridgehead atoms. The molecule has 1 aliphatic carbocycles. The van der Waals surface area contributed by atoms with Crippen molar-refractivity contribution in [2.45, 2.75) is 45.3 Å². The number of carboxylic acid groups (broad SMARTS) is 1. The highest BCUT2D eigenvalue weighted by Gasteiger charge is 2.28. The summed E-state index contributed by atoms with van der Waals surface area (Å²) in [6.07, 6.45) is 0.218. The summed E-state index contributed by atoms with van der Waals surface area (Å²) in [4.78, 5) is 28.8. The molecule has 0 unspecified atom stereocenters. The largest absolute Gasteiger partial charge is 0.481 e. The Morgan fingerprint density at radius 3 is 1.83 bits per heavy atom. The lowest BCUT2D eigenvalue weighted by molar-refractivity contribution is -0.137. The maximum absolute atomic E-state index is 14.0. The van der Waals surface area contributed by atoms with E-state index in [1.807, 2.05) is 0 Å². The molecular weight excluding hydrogens is 919 g/mol. The molecule has 64 heavy (non-hydrogen) atoms. The topological polar surface area (TPSA) is 313 Å². The number of amides is 1. The van der Waals surface area contributed by atoms with Gasteiger partial charge in [-0.25, -0.2) is 0 Å². The molecule has 0 saturated heterocycles. The van der Waals surface area contributed by atoms with Gasteiger partial charge in [-0.2, -0.15) is 33.7 Å². The fourth-order valence-electron chi connectivity index (χ4n) is 6.87. The summed E-state index contributed by atoms with van der Waals surface area (Å²) in [5.41, 5.74) is 1.07. The van der Waals surface area contributed by atoms with Gasteiger partial charge in [-0.15, -0.1) is 0 Å². The first-order valence-electron chi connectivity index (χ1n) is 18.9. The molecule has 0 saturated carbocycles. The van der Waals surface area contributed by atoms with Crippen molar-refractivity contribution in [3.05, 3.63) is 119 Å². The van der Waals surface area contributed by atoms with E-state index in [2.05, 4.69) is 10.3 Å². The number of carbonyl (C=O) groups is 2. The average molecular weight is 958 g/mol. The molecule has 0 atom stereocenters. The Morgan fingerprint density at radius 2 is 1.27 bits per heavy atom. The maximum Gasteiger partial charge on any atom is 0.303 e. The van der Waals surface area contributed by atoms with Crippen molar-refractivity contribution in [1.29, 1.82) is 0 Å². The fraction of sp³-hybridized carbons (Fsp3) is 0.195. The van der Waals surface area contributed by atoms with Crippen molar-refractivity contribution >= 4 is 69.0 Å². The standard InChI is InChI=1S/C41H39N3O16S4/c1-44(20-4-7-39(45)46)41(47)30-6-3-2-5-29(30)40-31-21-37(63(54,55)56)33(42-18-16-25-8-12-27(13-9-25)61(48,49)50)23-35(31)60-36-24-34(38(22-32(36)40)64(57,58)59)43-19-17-26-10-14-28(15-11-26)62(51,52)53/h2-3,5-6,8-15,21-24,42H,4,7,16-20H2,1H3,(H,45,46)(H,48,49,50)(H,51,52,53)(H,54,55,56)(H,57,58,59). The van der Waals surface area contributed by atoms with Gasteiger partial charge in [-0.05, 0) is 78.4 Å². The lowest BCUT2D eigenvalue weighted by Gasteiger charge is -2.22. The van der Waals surface area contributed by atoms with Crippen LogP contribution in [-0.4, -0.2) is 100 Å². The molecule has 23 heteroatoms. The summed E-state index contributed by atoms with van der Waals surface area (Å²) in [6, 6.07) is 21.0. The molecule has 6 rings (SSSR count). The normalized spacial score (nSPS) is 12.7. The first-order valence-corrected chi connectivity index (χ1v) is 24.7. The summed E-state index contributed by atoms with van der Waals surface area (Å²) >= 11 is 0. The molecule has 2 aliphatic rings. The SMILES string of the molecule is CN(CCCC(=O)O)C(=O)c1ccccc1-c1c2cc(S(=O)(=O)O)c(=NCCc3ccc(S(=O)(=O)O)cc3)cc-2oc2cc(NCCc3ccc(S(=O)(=O)O)cc3)c(S(=O)(=O)O)cc12. The van der Waals surface area contributed by atoms with Crippen molar-refractivity contribution in [2.24, 2.45) is 4.99 Å². The van der Waals surface area contributed by atoms with Gasteiger partial charge in [0.1, 0.15) is 21.1 Å². The minimum Gasteiger partial charge on any atom is -0.481 e. The number of fused-ring (bicyclic) bond motifs is 2. The van der Waals surface area contributed by atoms with E-state index in [1.54, 1.807) is 6.07 Å². The van der Waals surface area contributed by atoms with E-state index in [0.29, 0.717) is 11.1 Å². The Labute approximate surface area is 367 Å². The molecule has 6 N–H and O–H groups in total. The highest BCUT2D eigenvalue weighted by molar-refractivity contribution is 7.86. The molecule has 1 aliphatic heterocycles. The van der Waals surface area contributed by atoms with E-state index in [0.717, 1.165) is 12.1 Å². The van der Waals surface area contributed by atoms with Crippen molar-refractivity contribution < 1.29 is 71.0 Å². The van der Waals surface area contributed by atoms with E-state index in [9.17, 15) is 61.5 Å². The molecule has 0 fully saturated rings. The number of aliphatic carboxylic acids is 1. The minimum atomic E-state index is -5.07. The zero-order valence-corrected chi connectivity index (χ0v) is 36.7. The smallest absolute Gasteiger partial charge is 0.303 e. The van der Waals surface area contributed by atoms with E-state index in [1.165, 1.54) is 90.8 Å². The van der Waals surface area contributed by atoms with Crippen molar-refractivity contribution in [2.75, 3.05) is 32.0 Å². The molecule has 19 nitrogen and oxygen atoms in total. The quantitative estimate of drug-likeness (QED) is 0.0522. The van der Waals surface area contributed by atoms with Gasteiger partial charge in [0.15, 0.2) is 0 Å². The Bertz CT molecular complexity index is 3280. The second kappa shape index (κ2) is 18.6. The third-order valence-electron chi connectivity index (χ3n) is 9.97. The Hall–Kier alpha value is -6.05. The monoisotopic (exact) mass is 957 g/mol. The van der Waals surface area contributed by atoms with Crippen LogP contribution >= 0.6 is 0 Å². The number of hydrogen-bond acceptors (Lipinski definition) is 13. The Morgan fingerprint density at radius 1 is 0.688 bits per heavy atom. The van der Waals surface area contributed by atoms with Gasteiger partial charge in [-0.1, -0.05) is 42.5 Å². The van der Waals surface area contributed by atoms with Crippen LogP contribution in [-0.2, 0) is 58.1 Å². The number of nitrogens with zero attached hydrogens (tertiary/aromatic N) is 2. The number of rotatable bonds is 17. The van der Waals surface area contributed by atoms with Crippen molar-refractivity contribution in [3.63, 3.8) is 0 Å². The highest BCUT2D eigenvalue weighted by atomic mass is 32.2. The summed E-state index contributed by atoms with van der Waals surface area (Å²) in [5, 5.41) is 11.8. The zero-order chi connectivity index (χ0) is 46.8. The highest BCUT2D eigenvalue weighted by Crippen LogP contribution is 2.44. The number of anilines is 1. The Balaban J connectivity index is 1.55. The van der Waals surface area contributed by atoms with Crippen LogP contribution in [0, 0.1) is 0 Å². The fourth-order valence-corrected chi connectivity index (χ4v) is 9.16. The summed E-state index contributed by atoms with van der Waals surface area (Å²) < 4.78 is 144. The van der Waals surface area contributed by atoms with Crippen LogP contribution in [0.5, 0.6) is 0 Å². The maximum atomic E-state index is 14.0. The van der Waals surface area contributed by atoms with Crippen LogP contribution in [0.2, 0.25) is 0 Å². The summed E-state index contributed by atoms with van der Waals surface area (Å²) in [6.45, 7) is -0.0553.